The third-order valence-corrected chi connectivity index (χ3v) is 4.66. The molecule has 0 saturated carbocycles. The Kier molecular flexibility index (Phi) is 5.84. The summed E-state index contributed by atoms with van der Waals surface area (Å²) in [6, 6.07) is 13.6. The van der Waals surface area contributed by atoms with Gasteiger partial charge >= 0.3 is 0 Å². The number of amides is 2. The molecule has 1 aromatic carbocycles. The highest BCUT2D eigenvalue weighted by molar-refractivity contribution is 5.94. The average Bonchev–Trinajstić information content (AvgIpc) is 2.72. The highest BCUT2D eigenvalue weighted by atomic mass is 16.2. The molecular formula is C20H24N4O2. The molecule has 2 amide bonds. The summed E-state index contributed by atoms with van der Waals surface area (Å²) < 4.78 is 0. The zero-order valence-corrected chi connectivity index (χ0v) is 15.0. The Bertz CT molecular complexity index is 742. The molecule has 6 nitrogen and oxygen atoms in total. The molecule has 6 heteroatoms. The van der Waals surface area contributed by atoms with Crippen molar-refractivity contribution in [2.24, 2.45) is 0 Å². The Morgan fingerprint density at radius 3 is 2.54 bits per heavy atom. The van der Waals surface area contributed by atoms with E-state index in [1.54, 1.807) is 17.2 Å². The van der Waals surface area contributed by atoms with E-state index >= 15 is 0 Å². The zero-order chi connectivity index (χ0) is 18.4. The van der Waals surface area contributed by atoms with E-state index in [0.29, 0.717) is 31.7 Å². The van der Waals surface area contributed by atoms with Crippen LogP contribution in [-0.4, -0.2) is 59.8 Å². The van der Waals surface area contributed by atoms with Gasteiger partial charge in [-0.15, -0.1) is 0 Å². The van der Waals surface area contributed by atoms with Crippen LogP contribution in [0.15, 0.2) is 48.7 Å². The molecule has 2 aromatic rings. The lowest BCUT2D eigenvalue weighted by atomic mass is 10.1. The van der Waals surface area contributed by atoms with Gasteiger partial charge in [0, 0.05) is 51.0 Å². The average molecular weight is 352 g/mol. The molecule has 1 fully saturated rings. The third kappa shape index (κ3) is 4.20. The van der Waals surface area contributed by atoms with Crippen LogP contribution in [0, 0.1) is 0 Å². The largest absolute Gasteiger partial charge is 0.353 e. The Morgan fingerprint density at radius 1 is 1.15 bits per heavy atom. The fourth-order valence-corrected chi connectivity index (χ4v) is 3.09. The van der Waals surface area contributed by atoms with Gasteiger partial charge in [-0.3, -0.25) is 9.59 Å². The summed E-state index contributed by atoms with van der Waals surface area (Å²) in [5.74, 6) is 0.795. The number of carbonyl (C=O) groups is 2. The number of hydrogen-bond donors (Lipinski definition) is 0. The van der Waals surface area contributed by atoms with Crippen LogP contribution >= 0.6 is 0 Å². The summed E-state index contributed by atoms with van der Waals surface area (Å²) in [4.78, 5) is 33.9. The van der Waals surface area contributed by atoms with Crippen LogP contribution in [0.5, 0.6) is 0 Å². The van der Waals surface area contributed by atoms with Crippen molar-refractivity contribution in [3.63, 3.8) is 0 Å². The Morgan fingerprint density at radius 2 is 1.88 bits per heavy atom. The molecule has 136 valence electrons. The summed E-state index contributed by atoms with van der Waals surface area (Å²) in [6.07, 6.45) is 2.57. The first-order valence-corrected chi connectivity index (χ1v) is 8.95. The van der Waals surface area contributed by atoms with Crippen molar-refractivity contribution < 1.29 is 9.59 Å². The predicted octanol–water partition coefficient (Wildman–Crippen LogP) is 2.02. The van der Waals surface area contributed by atoms with Gasteiger partial charge in [-0.2, -0.15) is 0 Å². The van der Waals surface area contributed by atoms with Crippen LogP contribution in [0.1, 0.15) is 22.8 Å². The minimum atomic E-state index is 0.00605. The van der Waals surface area contributed by atoms with Crippen LogP contribution in [0.4, 0.5) is 5.82 Å². The highest BCUT2D eigenvalue weighted by Gasteiger charge is 2.19. The maximum absolute atomic E-state index is 12.9. The number of nitrogens with zero attached hydrogens (tertiary/aromatic N) is 4. The zero-order valence-electron chi connectivity index (χ0n) is 15.0. The Labute approximate surface area is 154 Å². The number of hydrogen-bond acceptors (Lipinski definition) is 4. The lowest BCUT2D eigenvalue weighted by Crippen LogP contribution is -2.46. The van der Waals surface area contributed by atoms with Crippen molar-refractivity contribution >= 4 is 18.1 Å². The van der Waals surface area contributed by atoms with E-state index in [1.807, 2.05) is 48.2 Å². The van der Waals surface area contributed by atoms with E-state index in [0.717, 1.165) is 30.9 Å². The first-order chi connectivity index (χ1) is 12.7. The van der Waals surface area contributed by atoms with E-state index in [1.165, 1.54) is 0 Å². The molecule has 0 bridgehead atoms. The maximum Gasteiger partial charge on any atom is 0.254 e. The SMILES string of the molecule is CCN(Cc1ccccc1)C(=O)c1ccnc(N2CCN(C=O)CC2)c1. The molecule has 2 heterocycles. The summed E-state index contributed by atoms with van der Waals surface area (Å²) >= 11 is 0. The molecule has 0 aliphatic carbocycles. The Balaban J connectivity index is 1.72. The van der Waals surface area contributed by atoms with Crippen molar-refractivity contribution in [1.29, 1.82) is 0 Å². The molecule has 3 rings (SSSR count). The normalized spacial score (nSPS) is 14.2. The second-order valence-corrected chi connectivity index (χ2v) is 6.34. The second kappa shape index (κ2) is 8.47. The van der Waals surface area contributed by atoms with Gasteiger partial charge in [-0.25, -0.2) is 4.98 Å². The first kappa shape index (κ1) is 17.9. The van der Waals surface area contributed by atoms with Gasteiger partial charge in [0.2, 0.25) is 6.41 Å². The summed E-state index contributed by atoms with van der Waals surface area (Å²) in [7, 11) is 0. The monoisotopic (exact) mass is 352 g/mol. The van der Waals surface area contributed by atoms with Crippen molar-refractivity contribution in [3.05, 3.63) is 59.8 Å². The smallest absolute Gasteiger partial charge is 0.254 e. The molecule has 0 spiro atoms. The molecule has 1 aliphatic rings. The lowest BCUT2D eigenvalue weighted by molar-refractivity contribution is -0.118. The maximum atomic E-state index is 12.9. The number of anilines is 1. The van der Waals surface area contributed by atoms with Gasteiger partial charge in [-0.1, -0.05) is 30.3 Å². The van der Waals surface area contributed by atoms with Crippen molar-refractivity contribution in [1.82, 2.24) is 14.8 Å². The minimum absolute atomic E-state index is 0.00605. The summed E-state index contributed by atoms with van der Waals surface area (Å²) in [6.45, 7) is 6.03. The molecule has 0 unspecified atom stereocenters. The number of pyridine rings is 1. The summed E-state index contributed by atoms with van der Waals surface area (Å²) in [5.41, 5.74) is 1.76. The van der Waals surface area contributed by atoms with Crippen molar-refractivity contribution in [3.8, 4) is 0 Å². The summed E-state index contributed by atoms with van der Waals surface area (Å²) in [5, 5.41) is 0. The lowest BCUT2D eigenvalue weighted by Gasteiger charge is -2.33. The van der Waals surface area contributed by atoms with E-state index < -0.39 is 0 Å². The van der Waals surface area contributed by atoms with Gasteiger partial charge in [0.25, 0.3) is 5.91 Å². The van der Waals surface area contributed by atoms with Crippen LogP contribution in [0.2, 0.25) is 0 Å². The van der Waals surface area contributed by atoms with Crippen LogP contribution in [-0.2, 0) is 11.3 Å². The predicted molar refractivity (Wildman–Crippen MR) is 101 cm³/mol. The number of piperazine rings is 1. The number of benzene rings is 1. The third-order valence-electron chi connectivity index (χ3n) is 4.66. The molecule has 1 aliphatic heterocycles. The molecule has 1 saturated heterocycles. The molecule has 26 heavy (non-hydrogen) atoms. The number of carbonyl (C=O) groups excluding carboxylic acids is 2. The van der Waals surface area contributed by atoms with Crippen LogP contribution < -0.4 is 4.90 Å². The quantitative estimate of drug-likeness (QED) is 0.747. The number of aromatic nitrogens is 1. The van der Waals surface area contributed by atoms with Gasteiger partial charge in [-0.05, 0) is 24.6 Å². The Hall–Kier alpha value is -2.89. The van der Waals surface area contributed by atoms with Crippen molar-refractivity contribution in [2.75, 3.05) is 37.6 Å². The second-order valence-electron chi connectivity index (χ2n) is 6.34. The molecular weight excluding hydrogens is 328 g/mol. The number of rotatable bonds is 6. The van der Waals surface area contributed by atoms with E-state index in [4.69, 9.17) is 0 Å². The van der Waals surface area contributed by atoms with Crippen LogP contribution in [0.25, 0.3) is 0 Å². The topological polar surface area (TPSA) is 56.8 Å². The van der Waals surface area contributed by atoms with E-state index in [-0.39, 0.29) is 5.91 Å². The molecule has 0 radical (unpaired) electrons. The van der Waals surface area contributed by atoms with Gasteiger partial charge in [0.15, 0.2) is 0 Å². The fourth-order valence-electron chi connectivity index (χ4n) is 3.09. The molecule has 0 atom stereocenters. The highest BCUT2D eigenvalue weighted by Crippen LogP contribution is 2.17. The molecule has 0 N–H and O–H groups in total. The molecule has 1 aromatic heterocycles. The minimum Gasteiger partial charge on any atom is -0.353 e. The van der Waals surface area contributed by atoms with Gasteiger partial charge in [0.1, 0.15) is 5.82 Å². The van der Waals surface area contributed by atoms with Crippen molar-refractivity contribution in [2.45, 2.75) is 13.5 Å². The standard InChI is InChI=1S/C20H24N4O2/c1-2-23(15-17-6-4-3-5-7-17)20(26)18-8-9-21-19(14-18)24-12-10-22(16-25)11-13-24/h3-9,14,16H,2,10-13,15H2,1H3. The fraction of sp³-hybridized carbons (Fsp3) is 0.350. The van der Waals surface area contributed by atoms with Crippen LogP contribution in [0.3, 0.4) is 0 Å². The van der Waals surface area contributed by atoms with Gasteiger partial charge in [0.05, 0.1) is 0 Å². The van der Waals surface area contributed by atoms with E-state index in [2.05, 4.69) is 9.88 Å². The first-order valence-electron chi connectivity index (χ1n) is 8.95. The van der Waals surface area contributed by atoms with Gasteiger partial charge < -0.3 is 14.7 Å². The van der Waals surface area contributed by atoms with E-state index in [9.17, 15) is 9.59 Å².